The van der Waals surface area contributed by atoms with Crippen molar-refractivity contribution in [2.24, 2.45) is 0 Å². The quantitative estimate of drug-likeness (QED) is 0.844. The number of carboxylic acids is 1. The van der Waals surface area contributed by atoms with Gasteiger partial charge < -0.3 is 5.11 Å². The van der Waals surface area contributed by atoms with Gasteiger partial charge in [-0.15, -0.1) is 10.2 Å². The van der Waals surface area contributed by atoms with Crippen molar-refractivity contribution >= 4 is 29.3 Å². The van der Waals surface area contributed by atoms with Crippen LogP contribution >= 0.6 is 23.4 Å². The zero-order valence-electron chi connectivity index (χ0n) is 9.48. The number of aromatic amines is 1. The molecule has 0 saturated carbocycles. The zero-order valence-corrected chi connectivity index (χ0v) is 11.0. The number of hydrogen-bond donors (Lipinski definition) is 2. The standard InChI is InChI=1S/C11H10ClN3O2S/c1-6-2-3-7(4-8(6)12)5-18-10-9(11(16)17)13-15-14-10/h2-4H,5H2,1H3,(H,16,17)(H,13,14,15). The molecular formula is C11H10ClN3O2S. The maximum absolute atomic E-state index is 10.8. The molecule has 0 atom stereocenters. The normalized spacial score (nSPS) is 10.6. The molecule has 7 heteroatoms. The molecule has 1 heterocycles. The fourth-order valence-corrected chi connectivity index (χ4v) is 2.40. The second-order valence-corrected chi connectivity index (χ2v) is 5.03. The van der Waals surface area contributed by atoms with Crippen molar-refractivity contribution in [1.29, 1.82) is 0 Å². The van der Waals surface area contributed by atoms with Crippen LogP contribution < -0.4 is 0 Å². The maximum atomic E-state index is 10.8. The number of halogens is 1. The summed E-state index contributed by atoms with van der Waals surface area (Å²) >= 11 is 7.32. The minimum absolute atomic E-state index is 0.0572. The summed E-state index contributed by atoms with van der Waals surface area (Å²) in [5.41, 5.74) is 1.96. The summed E-state index contributed by atoms with van der Waals surface area (Å²) in [6, 6.07) is 5.75. The SMILES string of the molecule is Cc1ccc(CSc2n[nH]nc2C(=O)O)cc1Cl. The summed E-state index contributed by atoms with van der Waals surface area (Å²) in [5.74, 6) is -0.500. The number of nitrogens with one attached hydrogen (secondary N) is 1. The third-order valence-electron chi connectivity index (χ3n) is 2.33. The van der Waals surface area contributed by atoms with Gasteiger partial charge in [0.1, 0.15) is 0 Å². The van der Waals surface area contributed by atoms with Crippen LogP contribution in [-0.2, 0) is 5.75 Å². The summed E-state index contributed by atoms with van der Waals surface area (Å²) in [5, 5.41) is 19.6. The molecule has 2 N–H and O–H groups in total. The van der Waals surface area contributed by atoms with Gasteiger partial charge in [0.25, 0.3) is 0 Å². The van der Waals surface area contributed by atoms with E-state index >= 15 is 0 Å². The molecule has 0 amide bonds. The Morgan fingerprint density at radius 1 is 1.50 bits per heavy atom. The lowest BCUT2D eigenvalue weighted by atomic mass is 10.2. The van der Waals surface area contributed by atoms with Crippen molar-refractivity contribution in [1.82, 2.24) is 15.4 Å². The molecule has 1 aromatic heterocycles. The lowest BCUT2D eigenvalue weighted by Gasteiger charge is -2.02. The monoisotopic (exact) mass is 283 g/mol. The van der Waals surface area contributed by atoms with E-state index in [1.54, 1.807) is 0 Å². The topological polar surface area (TPSA) is 78.9 Å². The second kappa shape index (κ2) is 5.41. The number of benzene rings is 1. The van der Waals surface area contributed by atoms with Crippen LogP contribution in [0.3, 0.4) is 0 Å². The van der Waals surface area contributed by atoms with Gasteiger partial charge in [0.15, 0.2) is 5.03 Å². The first-order valence-corrected chi connectivity index (χ1v) is 6.46. The predicted octanol–water partition coefficient (Wildman–Crippen LogP) is 2.76. The van der Waals surface area contributed by atoms with Crippen molar-refractivity contribution in [2.75, 3.05) is 0 Å². The summed E-state index contributed by atoms with van der Waals surface area (Å²) in [6.07, 6.45) is 0. The molecule has 0 bridgehead atoms. The van der Waals surface area contributed by atoms with Gasteiger partial charge in [-0.05, 0) is 24.1 Å². The van der Waals surface area contributed by atoms with Gasteiger partial charge in [-0.2, -0.15) is 5.21 Å². The van der Waals surface area contributed by atoms with Gasteiger partial charge in [0, 0.05) is 10.8 Å². The van der Waals surface area contributed by atoms with Gasteiger partial charge in [-0.1, -0.05) is 35.5 Å². The molecule has 0 aliphatic rings. The van der Waals surface area contributed by atoms with E-state index in [0.29, 0.717) is 15.8 Å². The fourth-order valence-electron chi connectivity index (χ4n) is 1.34. The molecule has 0 aliphatic heterocycles. The Bertz CT molecular complexity index is 585. The van der Waals surface area contributed by atoms with Crippen LogP contribution in [-0.4, -0.2) is 26.5 Å². The third-order valence-corrected chi connectivity index (χ3v) is 3.77. The number of carboxylic acid groups (broad SMARTS) is 1. The molecule has 1 aromatic carbocycles. The van der Waals surface area contributed by atoms with Crippen LogP contribution in [0.2, 0.25) is 5.02 Å². The Morgan fingerprint density at radius 2 is 2.28 bits per heavy atom. The lowest BCUT2D eigenvalue weighted by molar-refractivity contribution is 0.0686. The van der Waals surface area contributed by atoms with E-state index in [1.165, 1.54) is 11.8 Å². The molecular weight excluding hydrogens is 274 g/mol. The molecule has 5 nitrogen and oxygen atoms in total. The Hall–Kier alpha value is -1.53. The number of carbonyl (C=O) groups is 1. The smallest absolute Gasteiger partial charge is 0.359 e. The highest BCUT2D eigenvalue weighted by molar-refractivity contribution is 7.98. The minimum Gasteiger partial charge on any atom is -0.476 e. The Kier molecular flexibility index (Phi) is 3.88. The highest BCUT2D eigenvalue weighted by atomic mass is 35.5. The van der Waals surface area contributed by atoms with E-state index in [2.05, 4.69) is 15.4 Å². The Morgan fingerprint density at radius 3 is 2.94 bits per heavy atom. The number of rotatable bonds is 4. The zero-order chi connectivity index (χ0) is 13.1. The Balaban J connectivity index is 2.09. The van der Waals surface area contributed by atoms with E-state index < -0.39 is 5.97 Å². The average molecular weight is 284 g/mol. The van der Waals surface area contributed by atoms with E-state index in [4.69, 9.17) is 16.7 Å². The van der Waals surface area contributed by atoms with Crippen molar-refractivity contribution in [3.63, 3.8) is 0 Å². The number of H-pyrrole nitrogens is 1. The summed E-state index contributed by atoms with van der Waals surface area (Å²) in [4.78, 5) is 10.8. The van der Waals surface area contributed by atoms with E-state index in [-0.39, 0.29) is 5.69 Å². The van der Waals surface area contributed by atoms with Crippen LogP contribution in [0.25, 0.3) is 0 Å². The number of nitrogens with zero attached hydrogens (tertiary/aromatic N) is 2. The maximum Gasteiger partial charge on any atom is 0.359 e. The molecule has 18 heavy (non-hydrogen) atoms. The molecule has 0 radical (unpaired) electrons. The average Bonchev–Trinajstić information content (AvgIpc) is 2.79. The number of aryl methyl sites for hydroxylation is 1. The van der Waals surface area contributed by atoms with Gasteiger partial charge in [-0.3, -0.25) is 0 Å². The second-order valence-electron chi connectivity index (χ2n) is 3.65. The van der Waals surface area contributed by atoms with E-state index in [9.17, 15) is 4.79 Å². The van der Waals surface area contributed by atoms with Gasteiger partial charge >= 0.3 is 5.97 Å². The number of hydrogen-bond acceptors (Lipinski definition) is 4. The highest BCUT2D eigenvalue weighted by Gasteiger charge is 2.15. The lowest BCUT2D eigenvalue weighted by Crippen LogP contribution is -1.98. The number of aromatic nitrogens is 3. The van der Waals surface area contributed by atoms with Gasteiger partial charge in [-0.25, -0.2) is 4.79 Å². The first-order chi connectivity index (χ1) is 8.58. The first-order valence-electron chi connectivity index (χ1n) is 5.10. The third kappa shape index (κ3) is 2.83. The molecule has 2 aromatic rings. The number of aromatic carboxylic acids is 1. The minimum atomic E-state index is -1.09. The van der Waals surface area contributed by atoms with E-state index in [1.807, 2.05) is 25.1 Å². The largest absolute Gasteiger partial charge is 0.476 e. The van der Waals surface area contributed by atoms with Crippen molar-refractivity contribution in [3.8, 4) is 0 Å². The molecule has 0 aliphatic carbocycles. The van der Waals surface area contributed by atoms with Gasteiger partial charge in [0.05, 0.1) is 0 Å². The molecule has 2 rings (SSSR count). The summed E-state index contributed by atoms with van der Waals surface area (Å²) in [7, 11) is 0. The van der Waals surface area contributed by atoms with Crippen LogP contribution in [0, 0.1) is 6.92 Å². The fraction of sp³-hybridized carbons (Fsp3) is 0.182. The molecule has 0 fully saturated rings. The molecule has 0 unspecified atom stereocenters. The van der Waals surface area contributed by atoms with Crippen molar-refractivity contribution in [3.05, 3.63) is 40.0 Å². The van der Waals surface area contributed by atoms with Crippen molar-refractivity contribution in [2.45, 2.75) is 17.7 Å². The summed E-state index contributed by atoms with van der Waals surface area (Å²) < 4.78 is 0. The predicted molar refractivity (Wildman–Crippen MR) is 69.1 cm³/mol. The van der Waals surface area contributed by atoms with Gasteiger partial charge in [0.2, 0.25) is 5.69 Å². The molecule has 0 saturated heterocycles. The van der Waals surface area contributed by atoms with Crippen LogP contribution in [0.4, 0.5) is 0 Å². The highest BCUT2D eigenvalue weighted by Crippen LogP contribution is 2.25. The van der Waals surface area contributed by atoms with E-state index in [0.717, 1.165) is 11.1 Å². The molecule has 94 valence electrons. The Labute approximate surface area is 113 Å². The number of thioether (sulfide) groups is 1. The van der Waals surface area contributed by atoms with Crippen LogP contribution in [0.1, 0.15) is 21.6 Å². The first kappa shape index (κ1) is 12.9. The summed E-state index contributed by atoms with van der Waals surface area (Å²) in [6.45, 7) is 1.93. The van der Waals surface area contributed by atoms with Crippen molar-refractivity contribution < 1.29 is 9.90 Å². The van der Waals surface area contributed by atoms with Crippen LogP contribution in [0.5, 0.6) is 0 Å². The molecule has 0 spiro atoms. The van der Waals surface area contributed by atoms with Crippen LogP contribution in [0.15, 0.2) is 23.2 Å².